The van der Waals surface area contributed by atoms with Crippen LogP contribution in [0.2, 0.25) is 5.02 Å². The van der Waals surface area contributed by atoms with Crippen LogP contribution in [0.15, 0.2) is 66.3 Å². The fourth-order valence-electron chi connectivity index (χ4n) is 2.71. The highest BCUT2D eigenvalue weighted by atomic mass is 35.5. The van der Waals surface area contributed by atoms with Crippen molar-refractivity contribution >= 4 is 23.6 Å². The molecule has 1 aliphatic heterocycles. The van der Waals surface area contributed by atoms with Gasteiger partial charge in [0.1, 0.15) is 17.5 Å². The molecule has 0 aliphatic carbocycles. The van der Waals surface area contributed by atoms with E-state index in [-0.39, 0.29) is 12.1 Å². The summed E-state index contributed by atoms with van der Waals surface area (Å²) in [6.07, 6.45) is 4.87. The van der Waals surface area contributed by atoms with Gasteiger partial charge in [-0.25, -0.2) is 4.79 Å². The molecule has 3 nitrogen and oxygen atoms in total. The largest absolute Gasteiger partial charge is 0.480 e. The lowest BCUT2D eigenvalue weighted by atomic mass is 9.96. The number of hydrogen-bond donors (Lipinski definition) is 0. The number of fused-ring (bicyclic) bond motifs is 1. The van der Waals surface area contributed by atoms with Crippen LogP contribution in [0.5, 0.6) is 5.75 Å². The highest BCUT2D eigenvalue weighted by molar-refractivity contribution is 6.30. The van der Waals surface area contributed by atoms with E-state index < -0.39 is 5.60 Å². The normalized spacial score (nSPS) is 16.6. The van der Waals surface area contributed by atoms with Gasteiger partial charge in [-0.3, -0.25) is 0 Å². The van der Waals surface area contributed by atoms with Crippen LogP contribution in [0.4, 0.5) is 0 Å². The molecule has 0 saturated carbocycles. The molecule has 0 fully saturated rings. The third-order valence-electron chi connectivity index (χ3n) is 3.76. The van der Waals surface area contributed by atoms with E-state index in [2.05, 4.69) is 0 Å². The first-order valence-electron chi connectivity index (χ1n) is 8.46. The second-order valence-electron chi connectivity index (χ2n) is 7.10. The van der Waals surface area contributed by atoms with Crippen molar-refractivity contribution < 1.29 is 14.3 Å². The maximum atomic E-state index is 12.0. The zero-order valence-corrected chi connectivity index (χ0v) is 15.8. The molecule has 0 spiro atoms. The van der Waals surface area contributed by atoms with Gasteiger partial charge in [-0.1, -0.05) is 41.9 Å². The summed E-state index contributed by atoms with van der Waals surface area (Å²) >= 11 is 6.10. The molecule has 0 amide bonds. The molecular formula is C22H21ClO3. The predicted octanol–water partition coefficient (Wildman–Crippen LogP) is 5.76. The monoisotopic (exact) mass is 368 g/mol. The average Bonchev–Trinajstić information content (AvgIpc) is 2.58. The first kappa shape index (κ1) is 18.3. The summed E-state index contributed by atoms with van der Waals surface area (Å²) in [6.45, 7) is 5.52. The highest BCUT2D eigenvalue weighted by Gasteiger charge is 2.23. The van der Waals surface area contributed by atoms with E-state index in [1.807, 2.05) is 69.3 Å². The van der Waals surface area contributed by atoms with Gasteiger partial charge >= 0.3 is 5.97 Å². The van der Waals surface area contributed by atoms with E-state index in [0.717, 1.165) is 22.4 Å². The topological polar surface area (TPSA) is 35.5 Å². The first-order chi connectivity index (χ1) is 12.3. The van der Waals surface area contributed by atoms with Crippen molar-refractivity contribution in [2.24, 2.45) is 0 Å². The maximum Gasteiger partial charge on any atom is 0.331 e. The van der Waals surface area contributed by atoms with E-state index in [0.29, 0.717) is 5.02 Å². The molecule has 2 aromatic carbocycles. The van der Waals surface area contributed by atoms with Crippen molar-refractivity contribution in [2.45, 2.75) is 32.5 Å². The number of ether oxygens (including phenoxy) is 2. The third-order valence-corrected chi connectivity index (χ3v) is 4.00. The first-order valence-corrected chi connectivity index (χ1v) is 8.83. The quantitative estimate of drug-likeness (QED) is 0.510. The Morgan fingerprint density at radius 2 is 1.88 bits per heavy atom. The Balaban J connectivity index is 1.95. The van der Waals surface area contributed by atoms with Crippen LogP contribution in [0, 0.1) is 0 Å². The average molecular weight is 369 g/mol. The lowest BCUT2D eigenvalue weighted by molar-refractivity contribution is -0.148. The third kappa shape index (κ3) is 4.55. The Hall–Kier alpha value is -2.52. The number of carbonyl (C=O) groups is 1. The second-order valence-corrected chi connectivity index (χ2v) is 7.54. The van der Waals surface area contributed by atoms with E-state index in [4.69, 9.17) is 21.1 Å². The molecule has 0 bridgehead atoms. The Morgan fingerprint density at radius 3 is 2.58 bits per heavy atom. The number of halogens is 1. The van der Waals surface area contributed by atoms with Gasteiger partial charge in [0.2, 0.25) is 0 Å². The van der Waals surface area contributed by atoms with Gasteiger partial charge in [-0.2, -0.15) is 0 Å². The molecular weight excluding hydrogens is 348 g/mol. The van der Waals surface area contributed by atoms with E-state index >= 15 is 0 Å². The van der Waals surface area contributed by atoms with Crippen molar-refractivity contribution in [1.29, 1.82) is 0 Å². The predicted molar refractivity (Wildman–Crippen MR) is 104 cm³/mol. The minimum atomic E-state index is -0.530. The number of hydrogen-bond acceptors (Lipinski definition) is 3. The zero-order valence-electron chi connectivity index (χ0n) is 15.0. The smallest absolute Gasteiger partial charge is 0.331 e. The molecule has 4 heteroatoms. The second kappa shape index (κ2) is 7.38. The summed E-state index contributed by atoms with van der Waals surface area (Å²) in [5, 5.41) is 0.636. The highest BCUT2D eigenvalue weighted by Crippen LogP contribution is 2.38. The summed E-state index contributed by atoms with van der Waals surface area (Å²) in [6, 6.07) is 15.4. The molecule has 134 valence electrons. The van der Waals surface area contributed by atoms with Gasteiger partial charge < -0.3 is 9.47 Å². The molecule has 0 N–H and O–H groups in total. The van der Waals surface area contributed by atoms with Crippen molar-refractivity contribution in [3.63, 3.8) is 0 Å². The van der Waals surface area contributed by atoms with Crippen LogP contribution in [-0.2, 0) is 9.53 Å². The van der Waals surface area contributed by atoms with Gasteiger partial charge in [0.15, 0.2) is 0 Å². The Morgan fingerprint density at radius 1 is 1.15 bits per heavy atom. The molecule has 26 heavy (non-hydrogen) atoms. The van der Waals surface area contributed by atoms with Crippen molar-refractivity contribution in [2.75, 3.05) is 0 Å². The molecule has 0 radical (unpaired) electrons. The molecule has 0 saturated heterocycles. The van der Waals surface area contributed by atoms with Crippen LogP contribution >= 0.6 is 11.6 Å². The van der Waals surface area contributed by atoms with Gasteiger partial charge in [0, 0.05) is 16.7 Å². The van der Waals surface area contributed by atoms with Gasteiger partial charge in [-0.15, -0.1) is 0 Å². The Labute approximate surface area is 158 Å². The molecule has 1 heterocycles. The van der Waals surface area contributed by atoms with Crippen molar-refractivity contribution in [1.82, 2.24) is 0 Å². The van der Waals surface area contributed by atoms with E-state index in [1.165, 1.54) is 6.08 Å². The maximum absolute atomic E-state index is 12.0. The molecule has 1 aliphatic rings. The number of carbonyl (C=O) groups excluding carboxylic acids is 1. The minimum absolute atomic E-state index is 0.302. The molecule has 0 unspecified atom stereocenters. The fourth-order valence-corrected chi connectivity index (χ4v) is 2.89. The summed E-state index contributed by atoms with van der Waals surface area (Å²) in [5.74, 6) is 0.375. The summed E-state index contributed by atoms with van der Waals surface area (Å²) in [5.41, 5.74) is 2.22. The summed E-state index contributed by atoms with van der Waals surface area (Å²) in [4.78, 5) is 12.0. The minimum Gasteiger partial charge on any atom is -0.480 e. The lowest BCUT2D eigenvalue weighted by Crippen LogP contribution is -2.22. The van der Waals surface area contributed by atoms with Gasteiger partial charge in [-0.05, 0) is 62.3 Å². The number of rotatable bonds is 3. The van der Waals surface area contributed by atoms with Crippen LogP contribution in [-0.4, -0.2) is 11.6 Å². The molecule has 1 atom stereocenters. The fraction of sp³-hybridized carbons (Fsp3) is 0.227. The molecule has 2 aromatic rings. The van der Waals surface area contributed by atoms with Gasteiger partial charge in [0.05, 0.1) is 0 Å². The zero-order chi connectivity index (χ0) is 18.7. The van der Waals surface area contributed by atoms with Crippen LogP contribution < -0.4 is 4.74 Å². The van der Waals surface area contributed by atoms with Crippen LogP contribution in [0.25, 0.3) is 6.08 Å². The number of esters is 1. The Kier molecular flexibility index (Phi) is 5.19. The SMILES string of the molecule is CC(C)(C)OC(=O)/C=C/C1=Cc2cc(Cl)ccc2O[C@@H]1c1ccccc1. The van der Waals surface area contributed by atoms with Crippen molar-refractivity contribution in [3.05, 3.63) is 82.4 Å². The van der Waals surface area contributed by atoms with Crippen molar-refractivity contribution in [3.8, 4) is 5.75 Å². The Bertz CT molecular complexity index is 861. The lowest BCUT2D eigenvalue weighted by Gasteiger charge is -2.26. The molecule has 3 rings (SSSR count). The van der Waals surface area contributed by atoms with Gasteiger partial charge in [0.25, 0.3) is 0 Å². The van der Waals surface area contributed by atoms with E-state index in [1.54, 1.807) is 12.1 Å². The summed E-state index contributed by atoms with van der Waals surface area (Å²) in [7, 11) is 0. The summed E-state index contributed by atoms with van der Waals surface area (Å²) < 4.78 is 11.5. The van der Waals surface area contributed by atoms with Crippen LogP contribution in [0.1, 0.15) is 38.0 Å². The van der Waals surface area contributed by atoms with E-state index in [9.17, 15) is 4.79 Å². The molecule has 0 aromatic heterocycles. The number of benzene rings is 2. The van der Waals surface area contributed by atoms with Crippen LogP contribution in [0.3, 0.4) is 0 Å². The standard InChI is InChI=1S/C22H21ClO3/c1-22(2,3)26-20(24)12-9-16-13-17-14-18(23)10-11-19(17)25-21(16)15-7-5-4-6-8-15/h4-14,21H,1-3H3/b12-9+/t21-/m1/s1.